The second-order valence-corrected chi connectivity index (χ2v) is 6.99. The van der Waals surface area contributed by atoms with Crippen molar-refractivity contribution >= 4 is 22.6 Å². The molecular weight excluding hydrogens is 373 g/mol. The first-order valence-corrected chi connectivity index (χ1v) is 9.19. The maximum Gasteiger partial charge on any atom is 0.306 e. The van der Waals surface area contributed by atoms with Crippen molar-refractivity contribution in [3.63, 3.8) is 0 Å². The Balaban J connectivity index is 1.87. The van der Waals surface area contributed by atoms with Crippen molar-refractivity contribution in [2.75, 3.05) is 7.11 Å². The van der Waals surface area contributed by atoms with E-state index in [-0.39, 0.29) is 5.92 Å². The number of aliphatic carboxylic acids is 1. The standard InChI is InChI=1S/C22H18FN3O3/c1-29-19-7-6-15(23)8-16(19)20-14(10-24)11-25-21-17(20)9-18(26-21)12-2-4-13(5-3-12)22(27)28/h2,6-9,11,13H,3-5H2,1H3,(H,25,26)(H,27,28). The predicted molar refractivity (Wildman–Crippen MR) is 106 cm³/mol. The van der Waals surface area contributed by atoms with Crippen LogP contribution in [0.5, 0.6) is 5.75 Å². The van der Waals surface area contributed by atoms with Crippen LogP contribution < -0.4 is 4.74 Å². The van der Waals surface area contributed by atoms with Crippen LogP contribution in [0.25, 0.3) is 27.7 Å². The molecule has 3 aromatic rings. The largest absolute Gasteiger partial charge is 0.496 e. The SMILES string of the molecule is COc1ccc(F)cc1-c1c(C#N)cnc2[nH]c(C3=CCC(C(=O)O)CC3)cc12. The van der Waals surface area contributed by atoms with Gasteiger partial charge in [0.05, 0.1) is 18.6 Å². The smallest absolute Gasteiger partial charge is 0.306 e. The van der Waals surface area contributed by atoms with Gasteiger partial charge in [-0.1, -0.05) is 6.08 Å². The molecule has 1 atom stereocenters. The van der Waals surface area contributed by atoms with Crippen molar-refractivity contribution in [2.24, 2.45) is 5.92 Å². The Hall–Kier alpha value is -3.66. The molecule has 0 spiro atoms. The van der Waals surface area contributed by atoms with Gasteiger partial charge in [-0.2, -0.15) is 5.26 Å². The minimum Gasteiger partial charge on any atom is -0.496 e. The first kappa shape index (κ1) is 18.7. The Bertz CT molecular complexity index is 1190. The highest BCUT2D eigenvalue weighted by Crippen LogP contribution is 2.39. The number of aromatic nitrogens is 2. The number of aromatic amines is 1. The fourth-order valence-electron chi connectivity index (χ4n) is 3.80. The van der Waals surface area contributed by atoms with E-state index in [1.807, 2.05) is 12.1 Å². The Labute approximate surface area is 166 Å². The number of rotatable bonds is 4. The Morgan fingerprint density at radius 3 is 2.90 bits per heavy atom. The molecule has 1 unspecified atom stereocenters. The van der Waals surface area contributed by atoms with Crippen molar-refractivity contribution in [1.82, 2.24) is 9.97 Å². The van der Waals surface area contributed by atoms with Gasteiger partial charge in [0, 0.05) is 28.4 Å². The molecule has 4 rings (SSSR count). The molecule has 0 bridgehead atoms. The minimum atomic E-state index is -0.780. The number of nitriles is 1. The van der Waals surface area contributed by atoms with Gasteiger partial charge in [0.25, 0.3) is 0 Å². The van der Waals surface area contributed by atoms with Crippen LogP contribution in [0.2, 0.25) is 0 Å². The van der Waals surface area contributed by atoms with Gasteiger partial charge in [0.1, 0.15) is 23.3 Å². The predicted octanol–water partition coefficient (Wildman–Crippen LogP) is 4.52. The number of nitrogens with zero attached hydrogens (tertiary/aromatic N) is 2. The fourth-order valence-corrected chi connectivity index (χ4v) is 3.80. The molecule has 7 heteroatoms. The summed E-state index contributed by atoms with van der Waals surface area (Å²) in [5, 5.41) is 19.5. The number of H-pyrrole nitrogens is 1. The number of halogens is 1. The Kier molecular flexibility index (Phi) is 4.77. The van der Waals surface area contributed by atoms with Crippen molar-refractivity contribution in [3.8, 4) is 22.9 Å². The lowest BCUT2D eigenvalue weighted by molar-refractivity contribution is -0.141. The molecule has 2 N–H and O–H groups in total. The van der Waals surface area contributed by atoms with Gasteiger partial charge in [-0.15, -0.1) is 0 Å². The van der Waals surface area contributed by atoms with Gasteiger partial charge < -0.3 is 14.8 Å². The number of benzene rings is 1. The third-order valence-corrected chi connectivity index (χ3v) is 5.32. The van der Waals surface area contributed by atoms with Crippen LogP contribution in [0.4, 0.5) is 4.39 Å². The lowest BCUT2D eigenvalue weighted by Gasteiger charge is -2.17. The van der Waals surface area contributed by atoms with Crippen molar-refractivity contribution in [3.05, 3.63) is 53.6 Å². The monoisotopic (exact) mass is 391 g/mol. The molecular formula is C22H18FN3O3. The van der Waals surface area contributed by atoms with Crippen LogP contribution in [0.3, 0.4) is 0 Å². The van der Waals surface area contributed by atoms with Crippen LogP contribution in [0.1, 0.15) is 30.5 Å². The van der Waals surface area contributed by atoms with Gasteiger partial charge in [-0.05, 0) is 49.1 Å². The number of allylic oxidation sites excluding steroid dienone is 2. The fraction of sp³-hybridized carbons (Fsp3) is 0.227. The van der Waals surface area contributed by atoms with Gasteiger partial charge in [-0.25, -0.2) is 9.37 Å². The van der Waals surface area contributed by atoms with E-state index in [1.165, 1.54) is 31.5 Å². The molecule has 0 amide bonds. The van der Waals surface area contributed by atoms with E-state index in [0.717, 1.165) is 11.3 Å². The number of hydrogen-bond acceptors (Lipinski definition) is 4. The molecule has 6 nitrogen and oxygen atoms in total. The molecule has 0 saturated carbocycles. The molecule has 29 heavy (non-hydrogen) atoms. The lowest BCUT2D eigenvalue weighted by atomic mass is 9.88. The second kappa shape index (κ2) is 7.40. The zero-order chi connectivity index (χ0) is 20.5. The maximum atomic E-state index is 14.0. The number of carbonyl (C=O) groups is 1. The topological polar surface area (TPSA) is 99.0 Å². The normalized spacial score (nSPS) is 16.3. The van der Waals surface area contributed by atoms with Crippen LogP contribution in [0, 0.1) is 23.1 Å². The molecule has 0 aliphatic heterocycles. The average molecular weight is 391 g/mol. The number of ether oxygens (including phenoxy) is 1. The third kappa shape index (κ3) is 3.34. The summed E-state index contributed by atoms with van der Waals surface area (Å²) >= 11 is 0. The van der Waals surface area contributed by atoms with E-state index in [2.05, 4.69) is 16.0 Å². The quantitative estimate of drug-likeness (QED) is 0.681. The zero-order valence-electron chi connectivity index (χ0n) is 15.7. The average Bonchev–Trinajstić information content (AvgIpc) is 3.17. The number of methoxy groups -OCH3 is 1. The third-order valence-electron chi connectivity index (χ3n) is 5.32. The van der Waals surface area contributed by atoms with Gasteiger partial charge in [-0.3, -0.25) is 4.79 Å². The summed E-state index contributed by atoms with van der Waals surface area (Å²) in [4.78, 5) is 18.8. The van der Waals surface area contributed by atoms with Gasteiger partial charge >= 0.3 is 5.97 Å². The highest BCUT2D eigenvalue weighted by molar-refractivity contribution is 5.99. The van der Waals surface area contributed by atoms with E-state index >= 15 is 0 Å². The minimum absolute atomic E-state index is 0.315. The van der Waals surface area contributed by atoms with Crippen molar-refractivity contribution < 1.29 is 19.0 Å². The summed E-state index contributed by atoms with van der Waals surface area (Å²) in [6, 6.07) is 8.20. The first-order chi connectivity index (χ1) is 14.0. The highest BCUT2D eigenvalue weighted by Gasteiger charge is 2.23. The molecule has 2 aromatic heterocycles. The second-order valence-electron chi connectivity index (χ2n) is 6.99. The summed E-state index contributed by atoms with van der Waals surface area (Å²) in [7, 11) is 1.50. The molecule has 0 saturated heterocycles. The van der Waals surface area contributed by atoms with E-state index < -0.39 is 11.8 Å². The van der Waals surface area contributed by atoms with Crippen LogP contribution in [0.15, 0.2) is 36.5 Å². The summed E-state index contributed by atoms with van der Waals surface area (Å²) in [5.74, 6) is -1.12. The van der Waals surface area contributed by atoms with Crippen LogP contribution >= 0.6 is 0 Å². The highest BCUT2D eigenvalue weighted by atomic mass is 19.1. The summed E-state index contributed by atoms with van der Waals surface area (Å²) in [5.41, 5.74) is 3.75. The molecule has 146 valence electrons. The van der Waals surface area contributed by atoms with Gasteiger partial charge in [0.2, 0.25) is 0 Å². The van der Waals surface area contributed by atoms with Crippen molar-refractivity contribution in [1.29, 1.82) is 5.26 Å². The van der Waals surface area contributed by atoms with E-state index in [4.69, 9.17) is 4.74 Å². The van der Waals surface area contributed by atoms with E-state index in [9.17, 15) is 19.6 Å². The van der Waals surface area contributed by atoms with E-state index in [1.54, 1.807) is 0 Å². The molecule has 0 radical (unpaired) electrons. The molecule has 1 aromatic carbocycles. The maximum absolute atomic E-state index is 14.0. The summed E-state index contributed by atoms with van der Waals surface area (Å²) in [6.07, 6.45) is 5.06. The Morgan fingerprint density at radius 1 is 1.41 bits per heavy atom. The number of pyridine rings is 1. The zero-order valence-corrected chi connectivity index (χ0v) is 15.7. The summed E-state index contributed by atoms with van der Waals surface area (Å²) < 4.78 is 19.4. The van der Waals surface area contributed by atoms with Crippen LogP contribution in [-0.4, -0.2) is 28.2 Å². The number of fused-ring (bicyclic) bond motifs is 1. The lowest BCUT2D eigenvalue weighted by Crippen LogP contribution is -2.15. The Morgan fingerprint density at radius 2 is 2.24 bits per heavy atom. The number of carboxylic acid groups (broad SMARTS) is 1. The summed E-state index contributed by atoms with van der Waals surface area (Å²) in [6.45, 7) is 0. The molecule has 1 aliphatic carbocycles. The van der Waals surface area contributed by atoms with Crippen molar-refractivity contribution in [2.45, 2.75) is 19.3 Å². The molecule has 2 heterocycles. The molecule has 1 aliphatic rings. The number of nitrogens with one attached hydrogen (secondary N) is 1. The number of hydrogen-bond donors (Lipinski definition) is 2. The van der Waals surface area contributed by atoms with Gasteiger partial charge in [0.15, 0.2) is 0 Å². The molecule has 0 fully saturated rings. The van der Waals surface area contributed by atoms with Crippen LogP contribution in [-0.2, 0) is 4.79 Å². The number of carboxylic acids is 1. The first-order valence-electron chi connectivity index (χ1n) is 9.19. The van der Waals surface area contributed by atoms with E-state index in [0.29, 0.717) is 52.7 Å².